The summed E-state index contributed by atoms with van der Waals surface area (Å²) in [5, 5.41) is 0. The lowest BCUT2D eigenvalue weighted by molar-refractivity contribution is 0.0939. The molecule has 0 saturated carbocycles. The summed E-state index contributed by atoms with van der Waals surface area (Å²) in [5.74, 6) is 0.904. The molecule has 0 bridgehead atoms. The van der Waals surface area contributed by atoms with Crippen LogP contribution in [0.1, 0.15) is 37.6 Å². The van der Waals surface area contributed by atoms with Crippen LogP contribution in [-0.2, 0) is 0 Å². The van der Waals surface area contributed by atoms with Crippen molar-refractivity contribution in [3.8, 4) is 5.75 Å². The van der Waals surface area contributed by atoms with Gasteiger partial charge in [0.05, 0.1) is 7.11 Å². The largest absolute Gasteiger partial charge is 0.497 e. The first-order valence-electron chi connectivity index (χ1n) is 5.20. The van der Waals surface area contributed by atoms with Crippen LogP contribution < -0.4 is 4.74 Å². The lowest BCUT2D eigenvalue weighted by atomic mass is 9.88. The molecule has 0 spiro atoms. The van der Waals surface area contributed by atoms with E-state index in [0.29, 0.717) is 6.42 Å². The van der Waals surface area contributed by atoms with Crippen molar-refractivity contribution in [2.75, 3.05) is 7.11 Å². The third-order valence-corrected chi connectivity index (χ3v) is 2.82. The Balaban J connectivity index is 2.93. The maximum Gasteiger partial charge on any atom is 0.164 e. The van der Waals surface area contributed by atoms with Gasteiger partial charge >= 0.3 is 0 Å². The Morgan fingerprint density at radius 2 is 2.00 bits per heavy atom. The minimum Gasteiger partial charge on any atom is -0.497 e. The molecule has 1 rings (SSSR count). The molecule has 0 atom stereocenters. The van der Waals surface area contributed by atoms with Crippen molar-refractivity contribution >= 4 is 21.7 Å². The first-order chi connectivity index (χ1) is 7.33. The minimum atomic E-state index is 0.0104. The average molecular weight is 285 g/mol. The van der Waals surface area contributed by atoms with Crippen LogP contribution >= 0.6 is 15.9 Å². The Bertz CT molecular complexity index is 391. The van der Waals surface area contributed by atoms with Gasteiger partial charge in [-0.15, -0.1) is 0 Å². The average Bonchev–Trinajstić information content (AvgIpc) is 2.14. The van der Waals surface area contributed by atoms with Crippen LogP contribution in [0.4, 0.5) is 0 Å². The number of Topliss-reactive ketones (excluding diaryl/α,β-unsaturated/α-hetero) is 1. The van der Waals surface area contributed by atoms with Crippen LogP contribution in [0.15, 0.2) is 22.7 Å². The van der Waals surface area contributed by atoms with Gasteiger partial charge in [-0.2, -0.15) is 0 Å². The van der Waals surface area contributed by atoms with Crippen LogP contribution in [0, 0.1) is 5.41 Å². The molecule has 0 fully saturated rings. The van der Waals surface area contributed by atoms with E-state index in [4.69, 9.17) is 4.74 Å². The van der Waals surface area contributed by atoms with E-state index in [1.165, 1.54) is 0 Å². The Morgan fingerprint density at radius 1 is 1.38 bits per heavy atom. The van der Waals surface area contributed by atoms with Crippen molar-refractivity contribution in [2.24, 2.45) is 5.41 Å². The summed E-state index contributed by atoms with van der Waals surface area (Å²) < 4.78 is 5.88. The number of ketones is 1. The number of ether oxygens (including phenoxy) is 1. The van der Waals surface area contributed by atoms with Gasteiger partial charge in [0.25, 0.3) is 0 Å². The molecule has 0 saturated heterocycles. The number of rotatable bonds is 3. The Labute approximate surface area is 105 Å². The van der Waals surface area contributed by atoms with Crippen molar-refractivity contribution in [1.82, 2.24) is 0 Å². The molecule has 0 heterocycles. The fourth-order valence-electron chi connectivity index (χ4n) is 1.43. The van der Waals surface area contributed by atoms with E-state index in [-0.39, 0.29) is 11.2 Å². The molecule has 1 aromatic carbocycles. The second kappa shape index (κ2) is 5.00. The van der Waals surface area contributed by atoms with Gasteiger partial charge in [-0.25, -0.2) is 0 Å². The van der Waals surface area contributed by atoms with E-state index >= 15 is 0 Å². The van der Waals surface area contributed by atoms with E-state index in [0.717, 1.165) is 15.8 Å². The van der Waals surface area contributed by atoms with E-state index in [9.17, 15) is 4.79 Å². The van der Waals surface area contributed by atoms with E-state index in [1.807, 2.05) is 6.07 Å². The fourth-order valence-corrected chi connectivity index (χ4v) is 2.00. The topological polar surface area (TPSA) is 26.3 Å². The zero-order valence-corrected chi connectivity index (χ0v) is 11.7. The summed E-state index contributed by atoms with van der Waals surface area (Å²) >= 11 is 3.40. The van der Waals surface area contributed by atoms with Gasteiger partial charge in [0.2, 0.25) is 0 Å². The summed E-state index contributed by atoms with van der Waals surface area (Å²) in [5.41, 5.74) is 0.729. The van der Waals surface area contributed by atoms with Crippen molar-refractivity contribution < 1.29 is 9.53 Å². The normalized spacial score (nSPS) is 11.3. The van der Waals surface area contributed by atoms with Crippen LogP contribution in [0.5, 0.6) is 5.75 Å². The number of halogens is 1. The van der Waals surface area contributed by atoms with Gasteiger partial charge in [0.1, 0.15) is 5.75 Å². The third-order valence-electron chi connectivity index (χ3n) is 2.17. The molecule has 0 aliphatic rings. The fraction of sp³-hybridized carbons (Fsp3) is 0.462. The number of carbonyl (C=O) groups is 1. The molecule has 0 radical (unpaired) electrons. The van der Waals surface area contributed by atoms with Gasteiger partial charge in [0.15, 0.2) is 5.78 Å². The predicted octanol–water partition coefficient (Wildman–Crippen LogP) is 4.08. The molecule has 2 nitrogen and oxygen atoms in total. The van der Waals surface area contributed by atoms with Crippen molar-refractivity contribution in [3.05, 3.63) is 28.2 Å². The second-order valence-electron chi connectivity index (χ2n) is 5.01. The Kier molecular flexibility index (Phi) is 4.14. The number of hydrogen-bond donors (Lipinski definition) is 0. The first-order valence-corrected chi connectivity index (χ1v) is 5.99. The smallest absolute Gasteiger partial charge is 0.164 e. The monoisotopic (exact) mass is 284 g/mol. The lowest BCUT2D eigenvalue weighted by Crippen LogP contribution is -2.13. The molecular weight excluding hydrogens is 268 g/mol. The van der Waals surface area contributed by atoms with E-state index in [2.05, 4.69) is 36.7 Å². The maximum atomic E-state index is 12.0. The summed E-state index contributed by atoms with van der Waals surface area (Å²) in [6.45, 7) is 6.17. The van der Waals surface area contributed by atoms with E-state index < -0.39 is 0 Å². The molecule has 1 aromatic rings. The highest BCUT2D eigenvalue weighted by Crippen LogP contribution is 2.27. The Morgan fingerprint density at radius 3 is 2.44 bits per heavy atom. The minimum absolute atomic E-state index is 0.0104. The highest BCUT2D eigenvalue weighted by molar-refractivity contribution is 9.10. The van der Waals surface area contributed by atoms with Crippen LogP contribution in [-0.4, -0.2) is 12.9 Å². The third kappa shape index (κ3) is 3.63. The zero-order valence-electron chi connectivity index (χ0n) is 10.1. The van der Waals surface area contributed by atoms with Crippen molar-refractivity contribution in [2.45, 2.75) is 27.2 Å². The SMILES string of the molecule is COc1ccc(C(=O)CC(C)(C)C)c(Br)c1. The van der Waals surface area contributed by atoms with Gasteiger partial charge in [-0.05, 0) is 39.5 Å². The molecule has 0 aliphatic heterocycles. The summed E-state index contributed by atoms with van der Waals surface area (Å²) in [7, 11) is 1.61. The van der Waals surface area contributed by atoms with Crippen LogP contribution in [0.3, 0.4) is 0 Å². The molecule has 88 valence electrons. The van der Waals surface area contributed by atoms with Crippen molar-refractivity contribution in [1.29, 1.82) is 0 Å². The molecule has 16 heavy (non-hydrogen) atoms. The zero-order chi connectivity index (χ0) is 12.3. The molecule has 0 unspecified atom stereocenters. The number of benzene rings is 1. The van der Waals surface area contributed by atoms with Gasteiger partial charge in [-0.3, -0.25) is 4.79 Å². The number of hydrogen-bond acceptors (Lipinski definition) is 2. The molecule has 0 aliphatic carbocycles. The lowest BCUT2D eigenvalue weighted by Gasteiger charge is -2.17. The molecule has 0 N–H and O–H groups in total. The summed E-state index contributed by atoms with van der Waals surface area (Å²) in [6, 6.07) is 5.42. The number of carbonyl (C=O) groups excluding carboxylic acids is 1. The predicted molar refractivity (Wildman–Crippen MR) is 69.1 cm³/mol. The maximum absolute atomic E-state index is 12.0. The Hall–Kier alpha value is -0.830. The number of methoxy groups -OCH3 is 1. The summed E-state index contributed by atoms with van der Waals surface area (Å²) in [6.07, 6.45) is 0.540. The standard InChI is InChI=1S/C13H17BrO2/c1-13(2,3)8-12(15)10-6-5-9(16-4)7-11(10)14/h5-7H,8H2,1-4H3. The summed E-state index contributed by atoms with van der Waals surface area (Å²) in [4.78, 5) is 12.0. The van der Waals surface area contributed by atoms with Crippen LogP contribution in [0.25, 0.3) is 0 Å². The molecule has 0 aromatic heterocycles. The quantitative estimate of drug-likeness (QED) is 0.782. The van der Waals surface area contributed by atoms with Crippen LogP contribution in [0.2, 0.25) is 0 Å². The molecule has 3 heteroatoms. The van der Waals surface area contributed by atoms with Gasteiger partial charge < -0.3 is 4.74 Å². The molecular formula is C13H17BrO2. The highest BCUT2D eigenvalue weighted by atomic mass is 79.9. The highest BCUT2D eigenvalue weighted by Gasteiger charge is 2.19. The van der Waals surface area contributed by atoms with Gasteiger partial charge in [-0.1, -0.05) is 20.8 Å². The van der Waals surface area contributed by atoms with Crippen molar-refractivity contribution in [3.63, 3.8) is 0 Å². The van der Waals surface area contributed by atoms with E-state index in [1.54, 1.807) is 19.2 Å². The first kappa shape index (κ1) is 13.2. The van der Waals surface area contributed by atoms with Gasteiger partial charge in [0, 0.05) is 16.5 Å². The second-order valence-corrected chi connectivity index (χ2v) is 5.86. The molecule has 0 amide bonds.